The van der Waals surface area contributed by atoms with Crippen molar-refractivity contribution in [1.29, 1.82) is 0 Å². The molecule has 21 heavy (non-hydrogen) atoms. The van der Waals surface area contributed by atoms with E-state index >= 15 is 0 Å². The molecule has 2 heteroatoms. The SMILES string of the molecule is COc1ccc2cc(C(O)c3cccc(C)c3)ccc2c1. The van der Waals surface area contributed by atoms with Gasteiger partial charge in [-0.1, -0.05) is 48.0 Å². The number of aliphatic hydroxyl groups excluding tert-OH is 1. The van der Waals surface area contributed by atoms with Crippen LogP contribution in [-0.4, -0.2) is 12.2 Å². The summed E-state index contributed by atoms with van der Waals surface area (Å²) in [5, 5.41) is 12.8. The number of hydrogen-bond donors (Lipinski definition) is 1. The fraction of sp³-hybridized carbons (Fsp3) is 0.158. The van der Waals surface area contributed by atoms with E-state index in [1.165, 1.54) is 0 Å². The van der Waals surface area contributed by atoms with Gasteiger partial charge < -0.3 is 9.84 Å². The van der Waals surface area contributed by atoms with Gasteiger partial charge in [-0.05, 0) is 47.0 Å². The van der Waals surface area contributed by atoms with Crippen LogP contribution in [0.3, 0.4) is 0 Å². The molecule has 0 heterocycles. The number of aryl methyl sites for hydroxylation is 1. The standard InChI is InChI=1S/C19H18O2/c1-13-4-3-5-16(10-13)19(20)17-7-6-15-12-18(21-2)9-8-14(15)11-17/h3-12,19-20H,1-2H3. The van der Waals surface area contributed by atoms with E-state index in [0.29, 0.717) is 0 Å². The van der Waals surface area contributed by atoms with Crippen molar-refractivity contribution in [3.63, 3.8) is 0 Å². The van der Waals surface area contributed by atoms with E-state index in [9.17, 15) is 5.11 Å². The van der Waals surface area contributed by atoms with Gasteiger partial charge in [0, 0.05) is 0 Å². The highest BCUT2D eigenvalue weighted by molar-refractivity contribution is 5.84. The Balaban J connectivity index is 2.00. The Labute approximate surface area is 124 Å². The molecule has 1 atom stereocenters. The molecule has 0 aliphatic rings. The molecule has 2 nitrogen and oxygen atoms in total. The molecule has 0 radical (unpaired) electrons. The van der Waals surface area contributed by atoms with Crippen molar-refractivity contribution < 1.29 is 9.84 Å². The van der Waals surface area contributed by atoms with Crippen molar-refractivity contribution in [3.8, 4) is 5.75 Å². The van der Waals surface area contributed by atoms with Gasteiger partial charge in [-0.15, -0.1) is 0 Å². The molecule has 0 spiro atoms. The van der Waals surface area contributed by atoms with Gasteiger partial charge in [-0.2, -0.15) is 0 Å². The van der Waals surface area contributed by atoms with Crippen LogP contribution in [0.1, 0.15) is 22.8 Å². The van der Waals surface area contributed by atoms with Crippen molar-refractivity contribution in [2.75, 3.05) is 7.11 Å². The molecule has 0 bridgehead atoms. The minimum absolute atomic E-state index is 0.601. The van der Waals surface area contributed by atoms with Gasteiger partial charge in [0.15, 0.2) is 0 Å². The van der Waals surface area contributed by atoms with E-state index < -0.39 is 6.10 Å². The lowest BCUT2D eigenvalue weighted by Crippen LogP contribution is -1.99. The highest BCUT2D eigenvalue weighted by Gasteiger charge is 2.11. The Morgan fingerprint density at radius 1 is 0.857 bits per heavy atom. The van der Waals surface area contributed by atoms with Crippen molar-refractivity contribution in [1.82, 2.24) is 0 Å². The Kier molecular flexibility index (Phi) is 3.63. The summed E-state index contributed by atoms with van der Waals surface area (Å²) in [7, 11) is 1.66. The monoisotopic (exact) mass is 278 g/mol. The number of methoxy groups -OCH3 is 1. The molecule has 3 aromatic rings. The van der Waals surface area contributed by atoms with E-state index in [4.69, 9.17) is 4.74 Å². The van der Waals surface area contributed by atoms with E-state index in [1.807, 2.05) is 67.6 Å². The first-order valence-corrected chi connectivity index (χ1v) is 7.00. The molecule has 0 saturated heterocycles. The van der Waals surface area contributed by atoms with Crippen molar-refractivity contribution in [3.05, 3.63) is 77.4 Å². The highest BCUT2D eigenvalue weighted by atomic mass is 16.5. The average molecular weight is 278 g/mol. The molecule has 106 valence electrons. The molecular formula is C19H18O2. The molecule has 0 aromatic heterocycles. The number of aliphatic hydroxyl groups is 1. The van der Waals surface area contributed by atoms with Crippen molar-refractivity contribution in [2.45, 2.75) is 13.0 Å². The fourth-order valence-corrected chi connectivity index (χ4v) is 2.57. The van der Waals surface area contributed by atoms with Gasteiger partial charge in [-0.3, -0.25) is 0 Å². The van der Waals surface area contributed by atoms with Crippen LogP contribution in [0.4, 0.5) is 0 Å². The maximum atomic E-state index is 10.6. The molecule has 0 fully saturated rings. The third-order valence-corrected chi connectivity index (χ3v) is 3.75. The van der Waals surface area contributed by atoms with Gasteiger partial charge in [0.1, 0.15) is 11.9 Å². The molecule has 0 aliphatic carbocycles. The Hall–Kier alpha value is -2.32. The van der Waals surface area contributed by atoms with Gasteiger partial charge in [-0.25, -0.2) is 0 Å². The number of hydrogen-bond acceptors (Lipinski definition) is 2. The van der Waals surface area contributed by atoms with Crippen molar-refractivity contribution in [2.24, 2.45) is 0 Å². The van der Waals surface area contributed by atoms with E-state index in [1.54, 1.807) is 7.11 Å². The molecule has 0 aliphatic heterocycles. The summed E-state index contributed by atoms with van der Waals surface area (Å²) in [6.07, 6.45) is -0.601. The fourth-order valence-electron chi connectivity index (χ4n) is 2.57. The summed E-state index contributed by atoms with van der Waals surface area (Å²) in [5.41, 5.74) is 2.97. The molecular weight excluding hydrogens is 260 g/mol. The molecule has 0 saturated carbocycles. The molecule has 3 aromatic carbocycles. The van der Waals surface area contributed by atoms with Crippen molar-refractivity contribution >= 4 is 10.8 Å². The predicted octanol–water partition coefficient (Wildman–Crippen LogP) is 4.24. The molecule has 1 N–H and O–H groups in total. The Bertz CT molecular complexity index is 777. The number of benzene rings is 3. The molecule has 3 rings (SSSR count). The maximum absolute atomic E-state index is 10.6. The Morgan fingerprint density at radius 2 is 1.57 bits per heavy atom. The lowest BCUT2D eigenvalue weighted by Gasteiger charge is -2.13. The van der Waals surface area contributed by atoms with Gasteiger partial charge in [0.2, 0.25) is 0 Å². The topological polar surface area (TPSA) is 29.5 Å². The first kappa shape index (κ1) is 13.7. The summed E-state index contributed by atoms with van der Waals surface area (Å²) >= 11 is 0. The predicted molar refractivity (Wildman–Crippen MR) is 85.7 cm³/mol. The van der Waals surface area contributed by atoms with Crippen LogP contribution >= 0.6 is 0 Å². The van der Waals surface area contributed by atoms with E-state index in [-0.39, 0.29) is 0 Å². The largest absolute Gasteiger partial charge is 0.497 e. The Morgan fingerprint density at radius 3 is 2.33 bits per heavy atom. The lowest BCUT2D eigenvalue weighted by atomic mass is 9.97. The minimum Gasteiger partial charge on any atom is -0.497 e. The summed E-state index contributed by atoms with van der Waals surface area (Å²) in [4.78, 5) is 0. The maximum Gasteiger partial charge on any atom is 0.119 e. The quantitative estimate of drug-likeness (QED) is 0.776. The minimum atomic E-state index is -0.601. The van der Waals surface area contributed by atoms with E-state index in [2.05, 4.69) is 0 Å². The van der Waals surface area contributed by atoms with Gasteiger partial charge in [0.05, 0.1) is 7.11 Å². The first-order chi connectivity index (χ1) is 10.2. The van der Waals surface area contributed by atoms with Crippen LogP contribution in [0.25, 0.3) is 10.8 Å². The average Bonchev–Trinajstić information content (AvgIpc) is 2.53. The normalized spacial score (nSPS) is 12.3. The lowest BCUT2D eigenvalue weighted by molar-refractivity contribution is 0.220. The second kappa shape index (κ2) is 5.58. The number of ether oxygens (including phenoxy) is 1. The van der Waals surface area contributed by atoms with Crippen LogP contribution < -0.4 is 4.74 Å². The smallest absolute Gasteiger partial charge is 0.119 e. The van der Waals surface area contributed by atoms with Gasteiger partial charge >= 0.3 is 0 Å². The number of rotatable bonds is 3. The third kappa shape index (κ3) is 2.76. The van der Waals surface area contributed by atoms with Crippen LogP contribution in [0.2, 0.25) is 0 Å². The zero-order valence-corrected chi connectivity index (χ0v) is 12.2. The molecule has 0 amide bonds. The second-order valence-electron chi connectivity index (χ2n) is 5.29. The molecule has 1 unspecified atom stereocenters. The van der Waals surface area contributed by atoms with Crippen LogP contribution in [-0.2, 0) is 0 Å². The van der Waals surface area contributed by atoms with Crippen LogP contribution in [0.15, 0.2) is 60.7 Å². The summed E-state index contributed by atoms with van der Waals surface area (Å²) < 4.78 is 5.23. The van der Waals surface area contributed by atoms with Crippen LogP contribution in [0.5, 0.6) is 5.75 Å². The van der Waals surface area contributed by atoms with Crippen LogP contribution in [0, 0.1) is 6.92 Å². The third-order valence-electron chi connectivity index (χ3n) is 3.75. The zero-order chi connectivity index (χ0) is 14.8. The highest BCUT2D eigenvalue weighted by Crippen LogP contribution is 2.27. The second-order valence-corrected chi connectivity index (χ2v) is 5.29. The summed E-state index contributed by atoms with van der Waals surface area (Å²) in [6, 6.07) is 19.9. The first-order valence-electron chi connectivity index (χ1n) is 7.00. The van der Waals surface area contributed by atoms with E-state index in [0.717, 1.165) is 33.2 Å². The number of fused-ring (bicyclic) bond motifs is 1. The summed E-state index contributed by atoms with van der Waals surface area (Å²) in [5.74, 6) is 0.842. The summed E-state index contributed by atoms with van der Waals surface area (Å²) in [6.45, 7) is 2.03. The van der Waals surface area contributed by atoms with Gasteiger partial charge in [0.25, 0.3) is 0 Å². The zero-order valence-electron chi connectivity index (χ0n) is 12.2.